The number of hydrogen-bond acceptors (Lipinski definition) is 3. The van der Waals surface area contributed by atoms with Crippen LogP contribution in [0.15, 0.2) is 103 Å². The molecule has 0 aliphatic carbocycles. The van der Waals surface area contributed by atoms with Crippen molar-refractivity contribution in [1.29, 1.82) is 0 Å². The van der Waals surface area contributed by atoms with Crippen molar-refractivity contribution in [3.05, 3.63) is 131 Å². The topological polar surface area (TPSA) is 58.4 Å². The summed E-state index contributed by atoms with van der Waals surface area (Å²) in [6.07, 6.45) is 10.2. The van der Waals surface area contributed by atoms with Crippen LogP contribution in [0.1, 0.15) is 87.5 Å². The zero-order valence-corrected chi connectivity index (χ0v) is 26.3. The Morgan fingerprint density at radius 2 is 1.14 bits per heavy atom. The second-order valence-corrected chi connectivity index (χ2v) is 11.5. The molecule has 5 rings (SSSR count). The quantitative estimate of drug-likeness (QED) is 0.0846. The number of carbonyl (C=O) groups excluding carboxylic acids is 2. The van der Waals surface area contributed by atoms with E-state index >= 15 is 0 Å². The third kappa shape index (κ3) is 5.99. The molecule has 0 saturated carbocycles. The van der Waals surface area contributed by atoms with E-state index in [0.717, 1.165) is 67.5 Å². The minimum Gasteiger partial charge on any atom is -0.316 e. The first-order valence-electron chi connectivity index (χ1n) is 16.2. The van der Waals surface area contributed by atoms with Crippen molar-refractivity contribution < 1.29 is 9.59 Å². The maximum Gasteiger partial charge on any atom is 0.331 e. The summed E-state index contributed by atoms with van der Waals surface area (Å²) in [5.74, 6) is 0.708. The first-order valence-corrected chi connectivity index (χ1v) is 16.2. The van der Waals surface area contributed by atoms with E-state index in [1.165, 1.54) is 4.90 Å². The molecule has 0 atom stereocenters. The van der Waals surface area contributed by atoms with E-state index in [-0.39, 0.29) is 11.9 Å². The Morgan fingerprint density at radius 1 is 0.659 bits per heavy atom. The Balaban J connectivity index is 1.75. The number of rotatable bonds is 14. The fourth-order valence-corrected chi connectivity index (χ4v) is 6.18. The molecule has 0 spiro atoms. The Bertz CT molecular complexity index is 1460. The van der Waals surface area contributed by atoms with Crippen LogP contribution < -0.4 is 0 Å². The van der Waals surface area contributed by atoms with Gasteiger partial charge < -0.3 is 4.57 Å². The molecule has 1 aliphatic rings. The smallest absolute Gasteiger partial charge is 0.316 e. The lowest BCUT2D eigenvalue weighted by molar-refractivity contribution is -0.123. The molecule has 1 aliphatic heterocycles. The van der Waals surface area contributed by atoms with E-state index in [4.69, 9.17) is 4.98 Å². The van der Waals surface area contributed by atoms with Crippen molar-refractivity contribution in [2.45, 2.75) is 71.3 Å². The number of carbonyl (C=O) groups is 2. The molecule has 3 aromatic carbocycles. The van der Waals surface area contributed by atoms with Gasteiger partial charge in [-0.05, 0) is 42.0 Å². The molecule has 0 unspecified atom stereocenters. The van der Waals surface area contributed by atoms with E-state index in [1.807, 2.05) is 24.3 Å². The van der Waals surface area contributed by atoms with Crippen molar-refractivity contribution in [2.24, 2.45) is 0 Å². The Morgan fingerprint density at radius 3 is 1.61 bits per heavy atom. The Labute approximate surface area is 262 Å². The normalized spacial score (nSPS) is 14.7. The highest BCUT2D eigenvalue weighted by Gasteiger charge is 2.42. The molecule has 6 heteroatoms. The number of nitrogens with zero attached hydrogens (tertiary/aromatic N) is 4. The van der Waals surface area contributed by atoms with Gasteiger partial charge in [-0.1, -0.05) is 131 Å². The largest absolute Gasteiger partial charge is 0.331 e. The minimum atomic E-state index is -0.707. The second-order valence-electron chi connectivity index (χ2n) is 11.5. The van der Waals surface area contributed by atoms with Gasteiger partial charge in [0.25, 0.3) is 5.91 Å². The Kier molecular flexibility index (Phi) is 10.1. The van der Waals surface area contributed by atoms with Gasteiger partial charge in [-0.3, -0.25) is 14.6 Å². The fourth-order valence-electron chi connectivity index (χ4n) is 6.18. The lowest BCUT2D eigenvalue weighted by Crippen LogP contribution is -2.38. The number of aryl methyl sites for hydroxylation is 1. The highest BCUT2D eigenvalue weighted by atomic mass is 16.2. The van der Waals surface area contributed by atoms with Gasteiger partial charge in [0.15, 0.2) is 0 Å². The van der Waals surface area contributed by atoms with Gasteiger partial charge >= 0.3 is 6.03 Å². The van der Waals surface area contributed by atoms with Gasteiger partial charge in [0.1, 0.15) is 17.1 Å². The monoisotopic (exact) mass is 588 g/mol. The molecule has 0 radical (unpaired) electrons. The van der Waals surface area contributed by atoms with E-state index in [2.05, 4.69) is 104 Å². The maximum atomic E-state index is 13.7. The summed E-state index contributed by atoms with van der Waals surface area (Å²) in [5.41, 5.74) is 3.74. The van der Waals surface area contributed by atoms with Gasteiger partial charge in [-0.15, -0.1) is 0 Å². The second kappa shape index (κ2) is 14.3. The molecule has 3 amide bonds. The molecule has 4 aromatic rings. The van der Waals surface area contributed by atoms with E-state index in [9.17, 15) is 9.59 Å². The number of urea groups is 1. The number of aromatic nitrogens is 2. The molecule has 44 heavy (non-hydrogen) atoms. The summed E-state index contributed by atoms with van der Waals surface area (Å²) < 4.78 is 2.31. The number of amides is 3. The van der Waals surface area contributed by atoms with Crippen molar-refractivity contribution in [3.8, 4) is 0 Å². The first kappa shape index (κ1) is 31.0. The summed E-state index contributed by atoms with van der Waals surface area (Å²) in [5, 5.41) is 0. The van der Waals surface area contributed by atoms with Crippen LogP contribution in [0.3, 0.4) is 0 Å². The summed E-state index contributed by atoms with van der Waals surface area (Å²) in [7, 11) is 0. The molecular weight excluding hydrogens is 544 g/mol. The molecule has 1 saturated heterocycles. The molecule has 6 nitrogen and oxygen atoms in total. The van der Waals surface area contributed by atoms with Crippen molar-refractivity contribution in [1.82, 2.24) is 19.4 Å². The third-order valence-corrected chi connectivity index (χ3v) is 8.46. The first-order chi connectivity index (χ1) is 21.6. The summed E-state index contributed by atoms with van der Waals surface area (Å²) >= 11 is 0. The third-order valence-electron chi connectivity index (χ3n) is 8.46. The van der Waals surface area contributed by atoms with Crippen LogP contribution in [0.25, 0.3) is 6.08 Å². The predicted molar refractivity (Wildman–Crippen MR) is 177 cm³/mol. The van der Waals surface area contributed by atoms with Gasteiger partial charge in [0.05, 0.1) is 5.69 Å². The SMILES string of the molecule is CCCCc1nc(/C=C2/C(=O)N(CCCC)C(=O)N2CCCC)cn1C(c1ccccc1)(c1ccccc1)c1ccccc1. The molecular formula is C38H44N4O2. The number of benzene rings is 3. The summed E-state index contributed by atoms with van der Waals surface area (Å²) in [6.45, 7) is 7.30. The Hall–Kier alpha value is -4.45. The fraction of sp³-hybridized carbons (Fsp3) is 0.342. The molecule has 1 fully saturated rings. The lowest BCUT2D eigenvalue weighted by atomic mass is 9.76. The van der Waals surface area contributed by atoms with Gasteiger partial charge in [-0.2, -0.15) is 0 Å². The van der Waals surface area contributed by atoms with E-state index in [0.29, 0.717) is 24.5 Å². The van der Waals surface area contributed by atoms with Crippen molar-refractivity contribution in [2.75, 3.05) is 13.1 Å². The average molecular weight is 589 g/mol. The van der Waals surface area contributed by atoms with Gasteiger partial charge in [0.2, 0.25) is 0 Å². The zero-order chi connectivity index (χ0) is 30.9. The highest BCUT2D eigenvalue weighted by molar-refractivity contribution is 6.13. The van der Waals surface area contributed by atoms with Crippen molar-refractivity contribution in [3.63, 3.8) is 0 Å². The summed E-state index contributed by atoms with van der Waals surface area (Å²) in [6, 6.07) is 31.5. The van der Waals surface area contributed by atoms with Crippen LogP contribution in [0.2, 0.25) is 0 Å². The zero-order valence-electron chi connectivity index (χ0n) is 26.3. The van der Waals surface area contributed by atoms with Crippen LogP contribution in [0.5, 0.6) is 0 Å². The molecule has 2 heterocycles. The average Bonchev–Trinajstić information content (AvgIpc) is 3.57. The van der Waals surface area contributed by atoms with Crippen LogP contribution in [0.4, 0.5) is 4.79 Å². The number of imidazole rings is 1. The van der Waals surface area contributed by atoms with Gasteiger partial charge in [-0.25, -0.2) is 9.78 Å². The predicted octanol–water partition coefficient (Wildman–Crippen LogP) is 8.27. The standard InChI is InChI=1S/C38H44N4O2/c1-4-7-25-35-39-33(28-34-36(43)41(27-9-6-3)37(44)40(34)26-8-5-2)29-42(35)38(30-19-13-10-14-20-30,31-21-15-11-16-22-31)32-23-17-12-18-24-32/h10-24,28-29H,4-9,25-27H2,1-3H3/b34-28-. The molecule has 0 N–H and O–H groups in total. The lowest BCUT2D eigenvalue weighted by Gasteiger charge is -2.38. The maximum absolute atomic E-state index is 13.7. The molecule has 0 bridgehead atoms. The van der Waals surface area contributed by atoms with Crippen LogP contribution in [0, 0.1) is 0 Å². The van der Waals surface area contributed by atoms with E-state index in [1.54, 1.807) is 4.90 Å². The van der Waals surface area contributed by atoms with Crippen LogP contribution in [-0.2, 0) is 16.8 Å². The van der Waals surface area contributed by atoms with E-state index < -0.39 is 5.54 Å². The number of unbranched alkanes of at least 4 members (excludes halogenated alkanes) is 3. The van der Waals surface area contributed by atoms with Crippen LogP contribution in [-0.4, -0.2) is 44.4 Å². The minimum absolute atomic E-state index is 0.221. The van der Waals surface area contributed by atoms with Crippen LogP contribution >= 0.6 is 0 Å². The highest BCUT2D eigenvalue weighted by Crippen LogP contribution is 2.42. The number of hydrogen-bond donors (Lipinski definition) is 0. The summed E-state index contributed by atoms with van der Waals surface area (Å²) in [4.78, 5) is 35.4. The number of imide groups is 1. The van der Waals surface area contributed by atoms with Gasteiger partial charge in [0, 0.05) is 25.7 Å². The van der Waals surface area contributed by atoms with Crippen molar-refractivity contribution >= 4 is 18.0 Å². The molecule has 1 aromatic heterocycles. The molecule has 228 valence electrons.